The van der Waals surface area contributed by atoms with Crippen LogP contribution in [0.3, 0.4) is 0 Å². The number of carbonyl (C=O) groups is 2. The number of primary amides is 1. The van der Waals surface area contributed by atoms with Crippen molar-refractivity contribution in [3.05, 3.63) is 0 Å². The second-order valence-electron chi connectivity index (χ2n) is 3.34. The van der Waals surface area contributed by atoms with E-state index in [1.54, 1.807) is 0 Å². The first kappa shape index (κ1) is 9.98. The second kappa shape index (κ2) is 4.81. The van der Waals surface area contributed by atoms with Crippen LogP contribution in [0.2, 0.25) is 0 Å². The van der Waals surface area contributed by atoms with Gasteiger partial charge in [0.2, 0.25) is 5.91 Å². The lowest BCUT2D eigenvalue weighted by atomic mass is 9.85. The summed E-state index contributed by atoms with van der Waals surface area (Å²) in [6.07, 6.45) is 3.77. The van der Waals surface area contributed by atoms with Gasteiger partial charge >= 0.3 is 6.03 Å². The molecule has 1 fully saturated rings. The van der Waals surface area contributed by atoms with Crippen LogP contribution in [-0.4, -0.2) is 25.0 Å². The molecule has 0 aromatic rings. The van der Waals surface area contributed by atoms with Crippen LogP contribution in [0.15, 0.2) is 0 Å². The van der Waals surface area contributed by atoms with E-state index in [0.29, 0.717) is 5.92 Å². The maximum Gasteiger partial charge on any atom is 0.318 e. The summed E-state index contributed by atoms with van der Waals surface area (Å²) in [7, 11) is 0. The first-order valence-corrected chi connectivity index (χ1v) is 4.48. The first-order chi connectivity index (χ1) is 6.18. The first-order valence-electron chi connectivity index (χ1n) is 4.48. The summed E-state index contributed by atoms with van der Waals surface area (Å²) in [5.41, 5.74) is 4.76. The van der Waals surface area contributed by atoms with Crippen LogP contribution in [0.4, 0.5) is 4.79 Å². The number of rotatable bonds is 4. The van der Waals surface area contributed by atoms with Crippen LogP contribution < -0.4 is 16.4 Å². The molecular weight excluding hydrogens is 170 g/mol. The molecule has 0 aromatic carbocycles. The van der Waals surface area contributed by atoms with Crippen LogP contribution in [-0.2, 0) is 4.79 Å². The molecule has 1 aliphatic rings. The van der Waals surface area contributed by atoms with Gasteiger partial charge in [0, 0.05) is 0 Å². The Labute approximate surface area is 77.1 Å². The zero-order chi connectivity index (χ0) is 9.68. The number of hydrogen-bond donors (Lipinski definition) is 3. The summed E-state index contributed by atoms with van der Waals surface area (Å²) < 4.78 is 0. The van der Waals surface area contributed by atoms with Gasteiger partial charge in [-0.15, -0.1) is 0 Å². The minimum absolute atomic E-state index is 0.166. The third kappa shape index (κ3) is 3.89. The second-order valence-corrected chi connectivity index (χ2v) is 3.34. The fraction of sp³-hybridized carbons (Fsp3) is 0.750. The van der Waals surface area contributed by atoms with Gasteiger partial charge in [-0.3, -0.25) is 10.1 Å². The minimum atomic E-state index is -0.796. The predicted molar refractivity (Wildman–Crippen MR) is 47.9 cm³/mol. The van der Waals surface area contributed by atoms with E-state index < -0.39 is 6.03 Å². The van der Waals surface area contributed by atoms with E-state index >= 15 is 0 Å². The number of amides is 3. The molecule has 74 valence electrons. The van der Waals surface area contributed by atoms with Gasteiger partial charge in [0.25, 0.3) is 0 Å². The molecule has 0 heterocycles. The summed E-state index contributed by atoms with van der Waals surface area (Å²) in [6, 6.07) is -0.796. The smallest absolute Gasteiger partial charge is 0.318 e. The molecule has 0 atom stereocenters. The monoisotopic (exact) mass is 185 g/mol. The van der Waals surface area contributed by atoms with E-state index in [-0.39, 0.29) is 12.5 Å². The Morgan fingerprint density at radius 3 is 2.54 bits per heavy atom. The van der Waals surface area contributed by atoms with Gasteiger partial charge in [0.1, 0.15) is 0 Å². The van der Waals surface area contributed by atoms with E-state index in [1.807, 2.05) is 5.32 Å². The normalized spacial score (nSPS) is 16.3. The highest BCUT2D eigenvalue weighted by Gasteiger charge is 2.16. The average molecular weight is 185 g/mol. The number of nitrogens with one attached hydrogen (secondary N) is 2. The summed E-state index contributed by atoms with van der Waals surface area (Å²) >= 11 is 0. The van der Waals surface area contributed by atoms with Crippen molar-refractivity contribution >= 4 is 11.9 Å². The molecule has 13 heavy (non-hydrogen) atoms. The molecule has 0 radical (unpaired) electrons. The van der Waals surface area contributed by atoms with Gasteiger partial charge in [0.05, 0.1) is 6.54 Å². The largest absolute Gasteiger partial charge is 0.351 e. The maximum atomic E-state index is 10.9. The van der Waals surface area contributed by atoms with E-state index in [0.717, 1.165) is 6.54 Å². The molecule has 0 unspecified atom stereocenters. The Kier molecular flexibility index (Phi) is 3.70. The standard InChI is InChI=1S/C8H15N3O2/c9-8(13)11-7(12)5-10-4-6-2-1-3-6/h6,10H,1-5H2,(H3,9,11,12,13). The number of carbonyl (C=O) groups excluding carboxylic acids is 2. The molecule has 1 aliphatic carbocycles. The van der Waals surface area contributed by atoms with Crippen molar-refractivity contribution in [3.8, 4) is 0 Å². The molecule has 4 N–H and O–H groups in total. The molecule has 0 aliphatic heterocycles. The van der Waals surface area contributed by atoms with Crippen molar-refractivity contribution in [2.24, 2.45) is 11.7 Å². The van der Waals surface area contributed by atoms with Crippen molar-refractivity contribution in [1.82, 2.24) is 10.6 Å². The highest BCUT2D eigenvalue weighted by molar-refractivity contribution is 5.94. The van der Waals surface area contributed by atoms with Crippen molar-refractivity contribution < 1.29 is 9.59 Å². The van der Waals surface area contributed by atoms with E-state index in [9.17, 15) is 9.59 Å². The number of nitrogens with two attached hydrogens (primary N) is 1. The van der Waals surface area contributed by atoms with Gasteiger partial charge in [-0.25, -0.2) is 4.79 Å². The fourth-order valence-corrected chi connectivity index (χ4v) is 1.27. The van der Waals surface area contributed by atoms with Crippen molar-refractivity contribution in [2.45, 2.75) is 19.3 Å². The van der Waals surface area contributed by atoms with Crippen LogP contribution in [0.25, 0.3) is 0 Å². The zero-order valence-electron chi connectivity index (χ0n) is 7.51. The van der Waals surface area contributed by atoms with Crippen molar-refractivity contribution in [3.63, 3.8) is 0 Å². The van der Waals surface area contributed by atoms with Gasteiger partial charge in [-0.2, -0.15) is 0 Å². The van der Waals surface area contributed by atoms with E-state index in [4.69, 9.17) is 5.73 Å². The fourth-order valence-electron chi connectivity index (χ4n) is 1.27. The molecule has 5 nitrogen and oxygen atoms in total. The van der Waals surface area contributed by atoms with Gasteiger partial charge in [-0.05, 0) is 25.3 Å². The third-order valence-corrected chi connectivity index (χ3v) is 2.21. The van der Waals surface area contributed by atoms with Crippen molar-refractivity contribution in [1.29, 1.82) is 0 Å². The summed E-state index contributed by atoms with van der Waals surface area (Å²) in [5, 5.41) is 4.96. The molecule has 1 saturated carbocycles. The average Bonchev–Trinajstić information content (AvgIpc) is 1.92. The molecular formula is C8H15N3O2. The number of hydrogen-bond acceptors (Lipinski definition) is 3. The Morgan fingerprint density at radius 1 is 1.38 bits per heavy atom. The lowest BCUT2D eigenvalue weighted by Gasteiger charge is -2.25. The van der Waals surface area contributed by atoms with Crippen LogP contribution >= 0.6 is 0 Å². The Hall–Kier alpha value is -1.10. The topological polar surface area (TPSA) is 84.2 Å². The van der Waals surface area contributed by atoms with E-state index in [1.165, 1.54) is 19.3 Å². The lowest BCUT2D eigenvalue weighted by molar-refractivity contribution is -0.119. The lowest BCUT2D eigenvalue weighted by Crippen LogP contribution is -2.42. The Balaban J connectivity index is 1.97. The molecule has 1 rings (SSSR count). The zero-order valence-corrected chi connectivity index (χ0v) is 7.51. The number of imide groups is 1. The SMILES string of the molecule is NC(=O)NC(=O)CNCC1CCC1. The van der Waals surface area contributed by atoms with Gasteiger partial charge in [0.15, 0.2) is 0 Å². The molecule has 3 amide bonds. The summed E-state index contributed by atoms with van der Waals surface area (Å²) in [4.78, 5) is 21.1. The number of urea groups is 1. The molecule has 5 heteroatoms. The van der Waals surface area contributed by atoms with E-state index in [2.05, 4.69) is 5.32 Å². The molecule has 0 spiro atoms. The van der Waals surface area contributed by atoms with Crippen LogP contribution in [0.5, 0.6) is 0 Å². The van der Waals surface area contributed by atoms with Crippen molar-refractivity contribution in [2.75, 3.05) is 13.1 Å². The highest BCUT2D eigenvalue weighted by atomic mass is 16.2. The molecule has 0 aromatic heterocycles. The molecule has 0 saturated heterocycles. The van der Waals surface area contributed by atoms with Gasteiger partial charge < -0.3 is 11.1 Å². The van der Waals surface area contributed by atoms with Gasteiger partial charge in [-0.1, -0.05) is 6.42 Å². The molecule has 0 bridgehead atoms. The minimum Gasteiger partial charge on any atom is -0.351 e. The maximum absolute atomic E-state index is 10.9. The Bertz CT molecular complexity index is 202. The summed E-state index contributed by atoms with van der Waals surface area (Å²) in [5.74, 6) is 0.341. The third-order valence-electron chi connectivity index (χ3n) is 2.21. The van der Waals surface area contributed by atoms with Crippen LogP contribution in [0, 0.1) is 5.92 Å². The predicted octanol–water partition coefficient (Wildman–Crippen LogP) is -0.429. The summed E-state index contributed by atoms with van der Waals surface area (Å²) in [6.45, 7) is 1.02. The Morgan fingerprint density at radius 2 is 2.08 bits per heavy atom. The van der Waals surface area contributed by atoms with Crippen LogP contribution in [0.1, 0.15) is 19.3 Å². The highest BCUT2D eigenvalue weighted by Crippen LogP contribution is 2.24. The quantitative estimate of drug-likeness (QED) is 0.555.